The normalized spacial score (nSPS) is 14.5. The van der Waals surface area contributed by atoms with Gasteiger partial charge in [-0.05, 0) is 24.8 Å². The molecule has 0 saturated carbocycles. The lowest BCUT2D eigenvalue weighted by molar-refractivity contribution is 0.0726. The molecule has 0 aliphatic carbocycles. The highest BCUT2D eigenvalue weighted by Gasteiger charge is 2.24. The van der Waals surface area contributed by atoms with Gasteiger partial charge in [-0.3, -0.25) is 9.89 Å². The molecule has 112 valence electrons. The maximum absolute atomic E-state index is 12.5. The predicted molar refractivity (Wildman–Crippen MR) is 78.8 cm³/mol. The largest absolute Gasteiger partial charge is 0.347 e. The summed E-state index contributed by atoms with van der Waals surface area (Å²) in [5, 5.41) is 7.15. The molecule has 1 aliphatic rings. The first kappa shape index (κ1) is 13.9. The van der Waals surface area contributed by atoms with Gasteiger partial charge in [0.25, 0.3) is 5.91 Å². The number of aromatic amines is 2. The van der Waals surface area contributed by atoms with Crippen molar-refractivity contribution in [3.05, 3.63) is 35.2 Å². The van der Waals surface area contributed by atoms with Crippen LogP contribution in [0.3, 0.4) is 0 Å². The predicted octanol–water partition coefficient (Wildman–Crippen LogP) is 1.92. The second kappa shape index (κ2) is 5.71. The maximum atomic E-state index is 12.5. The molecule has 2 aromatic heterocycles. The Labute approximate surface area is 124 Å². The number of hydrogen-bond acceptors (Lipinski definition) is 3. The van der Waals surface area contributed by atoms with Crippen LogP contribution in [-0.2, 0) is 19.4 Å². The van der Waals surface area contributed by atoms with Crippen LogP contribution in [0.1, 0.15) is 47.8 Å². The van der Waals surface area contributed by atoms with Crippen molar-refractivity contribution in [2.75, 3.05) is 6.54 Å². The zero-order valence-electron chi connectivity index (χ0n) is 12.5. The minimum Gasteiger partial charge on any atom is -0.347 e. The van der Waals surface area contributed by atoms with E-state index in [1.165, 1.54) is 0 Å². The Balaban J connectivity index is 1.66. The van der Waals surface area contributed by atoms with Gasteiger partial charge in [-0.25, -0.2) is 4.98 Å². The Hall–Kier alpha value is -2.11. The van der Waals surface area contributed by atoms with Crippen molar-refractivity contribution in [3.63, 3.8) is 0 Å². The second-order valence-electron chi connectivity index (χ2n) is 6.02. The van der Waals surface area contributed by atoms with Crippen molar-refractivity contribution in [2.24, 2.45) is 5.92 Å². The molecule has 3 heterocycles. The standard InChI is InChI=1S/C15H21N5O/c1-10(2)3-4-11-7-13(19-18-11)15(21)20-6-5-12-14(8-20)17-9-16-12/h7,9-10H,3-6,8H2,1-2H3,(H,16,17)(H,18,19). The molecule has 2 N–H and O–H groups in total. The van der Waals surface area contributed by atoms with Gasteiger partial charge in [0.15, 0.2) is 0 Å². The van der Waals surface area contributed by atoms with Gasteiger partial charge >= 0.3 is 0 Å². The lowest BCUT2D eigenvalue weighted by Crippen LogP contribution is -2.36. The summed E-state index contributed by atoms with van der Waals surface area (Å²) >= 11 is 0. The number of rotatable bonds is 4. The van der Waals surface area contributed by atoms with E-state index < -0.39 is 0 Å². The topological polar surface area (TPSA) is 77.7 Å². The average Bonchev–Trinajstić information content (AvgIpc) is 3.12. The van der Waals surface area contributed by atoms with Crippen molar-refractivity contribution in [3.8, 4) is 0 Å². The van der Waals surface area contributed by atoms with Crippen molar-refractivity contribution < 1.29 is 4.79 Å². The van der Waals surface area contributed by atoms with Crippen molar-refractivity contribution in [1.29, 1.82) is 0 Å². The van der Waals surface area contributed by atoms with Gasteiger partial charge in [-0.1, -0.05) is 13.8 Å². The summed E-state index contributed by atoms with van der Waals surface area (Å²) in [6.07, 6.45) is 4.52. The van der Waals surface area contributed by atoms with Gasteiger partial charge in [0.1, 0.15) is 5.69 Å². The molecule has 0 aromatic carbocycles. The van der Waals surface area contributed by atoms with Crippen LogP contribution in [0.5, 0.6) is 0 Å². The van der Waals surface area contributed by atoms with Crippen LogP contribution in [0.2, 0.25) is 0 Å². The Kier molecular flexibility index (Phi) is 3.77. The molecular weight excluding hydrogens is 266 g/mol. The fraction of sp³-hybridized carbons (Fsp3) is 0.533. The molecular formula is C15H21N5O. The Bertz CT molecular complexity index is 628. The minimum atomic E-state index is -0.0118. The zero-order valence-corrected chi connectivity index (χ0v) is 12.5. The average molecular weight is 287 g/mol. The number of carbonyl (C=O) groups is 1. The van der Waals surface area contributed by atoms with Crippen LogP contribution in [0.4, 0.5) is 0 Å². The fourth-order valence-corrected chi connectivity index (χ4v) is 2.59. The van der Waals surface area contributed by atoms with E-state index >= 15 is 0 Å². The van der Waals surface area contributed by atoms with E-state index in [2.05, 4.69) is 34.0 Å². The molecule has 0 saturated heterocycles. The third kappa shape index (κ3) is 2.99. The van der Waals surface area contributed by atoms with Crippen LogP contribution in [-0.4, -0.2) is 37.5 Å². The molecule has 6 heteroatoms. The van der Waals surface area contributed by atoms with Crippen molar-refractivity contribution in [2.45, 2.75) is 39.7 Å². The lowest BCUT2D eigenvalue weighted by Gasteiger charge is -2.25. The molecule has 0 unspecified atom stereocenters. The number of H-pyrrole nitrogens is 2. The highest BCUT2D eigenvalue weighted by Crippen LogP contribution is 2.17. The summed E-state index contributed by atoms with van der Waals surface area (Å²) < 4.78 is 0. The molecule has 0 fully saturated rings. The van der Waals surface area contributed by atoms with Gasteiger partial charge in [0.2, 0.25) is 0 Å². The highest BCUT2D eigenvalue weighted by atomic mass is 16.2. The third-order valence-corrected chi connectivity index (χ3v) is 3.90. The summed E-state index contributed by atoms with van der Waals surface area (Å²) in [5.74, 6) is 0.635. The minimum absolute atomic E-state index is 0.0118. The summed E-state index contributed by atoms with van der Waals surface area (Å²) in [7, 11) is 0. The molecule has 1 amide bonds. The van der Waals surface area contributed by atoms with E-state index in [4.69, 9.17) is 0 Å². The number of aromatic nitrogens is 4. The summed E-state index contributed by atoms with van der Waals surface area (Å²) in [5.41, 5.74) is 3.65. The first-order valence-electron chi connectivity index (χ1n) is 7.48. The van der Waals surface area contributed by atoms with E-state index in [1.54, 1.807) is 6.33 Å². The van der Waals surface area contributed by atoms with E-state index in [-0.39, 0.29) is 5.91 Å². The second-order valence-corrected chi connectivity index (χ2v) is 6.02. The zero-order chi connectivity index (χ0) is 14.8. The number of amides is 1. The molecule has 0 atom stereocenters. The van der Waals surface area contributed by atoms with Crippen LogP contribution in [0.15, 0.2) is 12.4 Å². The fourth-order valence-electron chi connectivity index (χ4n) is 2.59. The number of nitrogens with zero attached hydrogens (tertiary/aromatic N) is 3. The van der Waals surface area contributed by atoms with Gasteiger partial charge in [-0.2, -0.15) is 5.10 Å². The number of imidazole rings is 1. The number of nitrogens with one attached hydrogen (secondary N) is 2. The van der Waals surface area contributed by atoms with Crippen molar-refractivity contribution >= 4 is 5.91 Å². The third-order valence-electron chi connectivity index (χ3n) is 3.90. The maximum Gasteiger partial charge on any atom is 0.274 e. The Morgan fingerprint density at radius 1 is 1.48 bits per heavy atom. The first-order chi connectivity index (χ1) is 10.1. The highest BCUT2D eigenvalue weighted by molar-refractivity contribution is 5.92. The van der Waals surface area contributed by atoms with E-state index in [9.17, 15) is 4.79 Å². The summed E-state index contributed by atoms with van der Waals surface area (Å²) in [4.78, 5) is 21.7. The number of fused-ring (bicyclic) bond motifs is 1. The summed E-state index contributed by atoms with van der Waals surface area (Å²) in [6, 6.07) is 1.88. The van der Waals surface area contributed by atoms with E-state index in [1.807, 2.05) is 11.0 Å². The van der Waals surface area contributed by atoms with E-state index in [0.29, 0.717) is 24.7 Å². The van der Waals surface area contributed by atoms with Crippen LogP contribution < -0.4 is 0 Å². The molecule has 21 heavy (non-hydrogen) atoms. The SMILES string of the molecule is CC(C)CCc1cc(C(=O)N2CCc3nc[nH]c3C2)n[nH]1. The molecule has 0 bridgehead atoms. The number of aryl methyl sites for hydroxylation is 1. The van der Waals surface area contributed by atoms with Gasteiger partial charge in [0.05, 0.1) is 24.3 Å². The molecule has 2 aromatic rings. The monoisotopic (exact) mass is 287 g/mol. The number of hydrogen-bond donors (Lipinski definition) is 2. The quantitative estimate of drug-likeness (QED) is 0.902. The van der Waals surface area contributed by atoms with Gasteiger partial charge in [0, 0.05) is 18.7 Å². The lowest BCUT2D eigenvalue weighted by atomic mass is 10.1. The molecule has 0 spiro atoms. The molecule has 3 rings (SSSR count). The number of carbonyl (C=O) groups excluding carboxylic acids is 1. The van der Waals surface area contributed by atoms with Gasteiger partial charge in [-0.15, -0.1) is 0 Å². The smallest absolute Gasteiger partial charge is 0.274 e. The van der Waals surface area contributed by atoms with Crippen LogP contribution >= 0.6 is 0 Å². The first-order valence-corrected chi connectivity index (χ1v) is 7.48. The Morgan fingerprint density at radius 2 is 2.33 bits per heavy atom. The molecule has 1 aliphatic heterocycles. The molecule has 6 nitrogen and oxygen atoms in total. The van der Waals surface area contributed by atoms with Crippen LogP contribution in [0, 0.1) is 5.92 Å². The summed E-state index contributed by atoms with van der Waals surface area (Å²) in [6.45, 7) is 5.67. The van der Waals surface area contributed by atoms with Crippen molar-refractivity contribution in [1.82, 2.24) is 25.1 Å². The molecule has 0 radical (unpaired) electrons. The van der Waals surface area contributed by atoms with Gasteiger partial charge < -0.3 is 9.88 Å². The Morgan fingerprint density at radius 3 is 3.14 bits per heavy atom. The van der Waals surface area contributed by atoms with Crippen LogP contribution in [0.25, 0.3) is 0 Å². The van der Waals surface area contributed by atoms with E-state index in [0.717, 1.165) is 36.3 Å².